The van der Waals surface area contributed by atoms with Crippen LogP contribution in [0, 0.1) is 5.92 Å². The van der Waals surface area contributed by atoms with E-state index in [0.29, 0.717) is 5.69 Å². The van der Waals surface area contributed by atoms with Crippen molar-refractivity contribution >= 4 is 39.2 Å². The summed E-state index contributed by atoms with van der Waals surface area (Å²) >= 11 is 3.44. The molecule has 8 heteroatoms. The van der Waals surface area contributed by atoms with Crippen LogP contribution in [0.25, 0.3) is 0 Å². The number of amides is 2. The number of hydrogen-bond donors (Lipinski definition) is 2. The first-order chi connectivity index (χ1) is 12.6. The van der Waals surface area contributed by atoms with Crippen molar-refractivity contribution < 1.29 is 9.59 Å². The normalized spacial score (nSPS) is 14.8. The van der Waals surface area contributed by atoms with Gasteiger partial charge in [0.25, 0.3) is 5.91 Å². The molecule has 0 atom stereocenters. The van der Waals surface area contributed by atoms with E-state index in [1.807, 2.05) is 24.3 Å². The fourth-order valence-electron chi connectivity index (χ4n) is 2.91. The van der Waals surface area contributed by atoms with Crippen LogP contribution < -0.4 is 15.5 Å². The number of aromatic nitrogens is 2. The molecule has 136 valence electrons. The minimum atomic E-state index is -0.258. The molecule has 26 heavy (non-hydrogen) atoms. The Morgan fingerprint density at radius 3 is 2.46 bits per heavy atom. The van der Waals surface area contributed by atoms with Gasteiger partial charge in [-0.15, -0.1) is 10.2 Å². The third-order valence-corrected chi connectivity index (χ3v) is 5.12. The summed E-state index contributed by atoms with van der Waals surface area (Å²) in [5.41, 5.74) is 1.08. The molecule has 2 heterocycles. The number of anilines is 2. The number of para-hydroxylation sites is 1. The molecule has 2 N–H and O–H groups in total. The van der Waals surface area contributed by atoms with Crippen LogP contribution in [0.5, 0.6) is 0 Å². The Labute approximate surface area is 160 Å². The zero-order valence-corrected chi connectivity index (χ0v) is 16.0. The maximum absolute atomic E-state index is 12.5. The summed E-state index contributed by atoms with van der Waals surface area (Å²) in [6.07, 6.45) is 1.49. The maximum Gasteiger partial charge on any atom is 0.271 e. The summed E-state index contributed by atoms with van der Waals surface area (Å²) in [5.74, 6) is 0.475. The molecular formula is C18H20BrN5O2. The van der Waals surface area contributed by atoms with E-state index in [2.05, 4.69) is 41.7 Å². The van der Waals surface area contributed by atoms with Gasteiger partial charge < -0.3 is 15.5 Å². The first kappa shape index (κ1) is 18.3. The lowest BCUT2D eigenvalue weighted by molar-refractivity contribution is -0.120. The smallest absolute Gasteiger partial charge is 0.271 e. The molecule has 1 saturated heterocycles. The van der Waals surface area contributed by atoms with Crippen molar-refractivity contribution in [3.05, 3.63) is 46.6 Å². The zero-order valence-electron chi connectivity index (χ0n) is 14.4. The maximum atomic E-state index is 12.5. The average Bonchev–Trinajstić information content (AvgIpc) is 2.69. The van der Waals surface area contributed by atoms with Crippen molar-refractivity contribution in [1.29, 1.82) is 0 Å². The average molecular weight is 418 g/mol. The molecule has 1 aliphatic heterocycles. The van der Waals surface area contributed by atoms with E-state index in [1.54, 1.807) is 19.2 Å². The van der Waals surface area contributed by atoms with E-state index in [4.69, 9.17) is 0 Å². The van der Waals surface area contributed by atoms with Crippen molar-refractivity contribution in [2.24, 2.45) is 5.92 Å². The highest BCUT2D eigenvalue weighted by atomic mass is 79.9. The summed E-state index contributed by atoms with van der Waals surface area (Å²) in [6.45, 7) is 1.45. The van der Waals surface area contributed by atoms with Crippen molar-refractivity contribution in [3.8, 4) is 0 Å². The molecule has 3 rings (SSSR count). The van der Waals surface area contributed by atoms with E-state index >= 15 is 0 Å². The highest BCUT2D eigenvalue weighted by molar-refractivity contribution is 9.10. The van der Waals surface area contributed by atoms with Gasteiger partial charge in [-0.3, -0.25) is 9.59 Å². The molecule has 2 aromatic rings. The Balaban J connectivity index is 1.56. The van der Waals surface area contributed by atoms with Crippen LogP contribution in [0.4, 0.5) is 11.5 Å². The highest BCUT2D eigenvalue weighted by Crippen LogP contribution is 2.25. The van der Waals surface area contributed by atoms with E-state index < -0.39 is 0 Å². The molecule has 1 aliphatic rings. The Kier molecular flexibility index (Phi) is 5.82. The number of rotatable bonds is 4. The zero-order chi connectivity index (χ0) is 18.5. The predicted molar refractivity (Wildman–Crippen MR) is 103 cm³/mol. The van der Waals surface area contributed by atoms with Gasteiger partial charge in [0, 0.05) is 30.5 Å². The molecule has 0 unspecified atom stereocenters. The summed E-state index contributed by atoms with van der Waals surface area (Å²) in [7, 11) is 1.56. The molecule has 7 nitrogen and oxygen atoms in total. The standard InChI is InChI=1S/C18H20BrN5O2/c1-20-18(26)15-6-7-16(23-22-15)24-10-8-12(9-11-24)17(25)21-14-5-3-2-4-13(14)19/h2-7,12H,8-11H2,1H3,(H,20,26)(H,21,25). The van der Waals surface area contributed by atoms with Crippen molar-refractivity contribution in [3.63, 3.8) is 0 Å². The Hall–Kier alpha value is -2.48. The SMILES string of the molecule is CNC(=O)c1ccc(N2CCC(C(=O)Nc3ccccc3Br)CC2)nn1. The molecule has 1 aromatic carbocycles. The number of halogens is 1. The minimum absolute atomic E-state index is 0.0311. The third-order valence-electron chi connectivity index (χ3n) is 4.43. The Morgan fingerprint density at radius 1 is 1.12 bits per heavy atom. The van der Waals surface area contributed by atoms with Gasteiger partial charge in [-0.1, -0.05) is 12.1 Å². The van der Waals surface area contributed by atoms with Gasteiger partial charge in [-0.05, 0) is 53.0 Å². The number of hydrogen-bond acceptors (Lipinski definition) is 5. The van der Waals surface area contributed by atoms with Gasteiger partial charge in [0.15, 0.2) is 11.5 Å². The molecule has 0 saturated carbocycles. The van der Waals surface area contributed by atoms with Gasteiger partial charge in [0.1, 0.15) is 0 Å². The van der Waals surface area contributed by atoms with Gasteiger partial charge in [0.2, 0.25) is 5.91 Å². The summed E-state index contributed by atoms with van der Waals surface area (Å²) in [6, 6.07) is 11.0. The molecule has 1 aromatic heterocycles. The molecule has 1 fully saturated rings. The van der Waals surface area contributed by atoms with Crippen LogP contribution in [0.3, 0.4) is 0 Å². The summed E-state index contributed by atoms with van der Waals surface area (Å²) in [5, 5.41) is 13.6. The first-order valence-corrected chi connectivity index (χ1v) is 9.24. The molecule has 0 spiro atoms. The second-order valence-electron chi connectivity index (χ2n) is 6.09. The third kappa shape index (κ3) is 4.19. The van der Waals surface area contributed by atoms with Crippen LogP contribution in [-0.4, -0.2) is 42.1 Å². The van der Waals surface area contributed by atoms with Gasteiger partial charge in [-0.2, -0.15) is 0 Å². The second kappa shape index (κ2) is 8.27. The summed E-state index contributed by atoms with van der Waals surface area (Å²) < 4.78 is 0.872. The lowest BCUT2D eigenvalue weighted by Crippen LogP contribution is -2.38. The molecule has 2 amide bonds. The predicted octanol–water partition coefficient (Wildman–Crippen LogP) is 2.45. The quantitative estimate of drug-likeness (QED) is 0.797. The number of benzene rings is 1. The molecule has 0 aliphatic carbocycles. The molecular weight excluding hydrogens is 398 g/mol. The van der Waals surface area contributed by atoms with Crippen LogP contribution in [-0.2, 0) is 4.79 Å². The van der Waals surface area contributed by atoms with E-state index in [0.717, 1.165) is 41.9 Å². The highest BCUT2D eigenvalue weighted by Gasteiger charge is 2.26. The van der Waals surface area contributed by atoms with Gasteiger partial charge in [0.05, 0.1) is 5.69 Å². The lowest BCUT2D eigenvalue weighted by Gasteiger charge is -2.31. The van der Waals surface area contributed by atoms with Gasteiger partial charge >= 0.3 is 0 Å². The fourth-order valence-corrected chi connectivity index (χ4v) is 3.30. The lowest BCUT2D eigenvalue weighted by atomic mass is 9.96. The van der Waals surface area contributed by atoms with Crippen molar-refractivity contribution in [1.82, 2.24) is 15.5 Å². The first-order valence-electron chi connectivity index (χ1n) is 8.44. The molecule has 0 bridgehead atoms. The number of carbonyl (C=O) groups is 2. The van der Waals surface area contributed by atoms with Crippen LogP contribution in [0.15, 0.2) is 40.9 Å². The van der Waals surface area contributed by atoms with E-state index in [9.17, 15) is 9.59 Å². The Morgan fingerprint density at radius 2 is 1.85 bits per heavy atom. The van der Waals surface area contributed by atoms with Crippen LogP contribution >= 0.6 is 15.9 Å². The number of piperidine rings is 1. The number of nitrogens with one attached hydrogen (secondary N) is 2. The second-order valence-corrected chi connectivity index (χ2v) is 6.94. The largest absolute Gasteiger partial charge is 0.355 e. The van der Waals surface area contributed by atoms with E-state index in [-0.39, 0.29) is 17.7 Å². The monoisotopic (exact) mass is 417 g/mol. The van der Waals surface area contributed by atoms with E-state index in [1.165, 1.54) is 0 Å². The number of carbonyl (C=O) groups excluding carboxylic acids is 2. The topological polar surface area (TPSA) is 87.2 Å². The van der Waals surface area contributed by atoms with Crippen molar-refractivity contribution in [2.75, 3.05) is 30.4 Å². The molecule has 0 radical (unpaired) electrons. The number of nitrogens with zero attached hydrogens (tertiary/aromatic N) is 3. The Bertz CT molecular complexity index is 788. The van der Waals surface area contributed by atoms with Crippen LogP contribution in [0.1, 0.15) is 23.3 Å². The van der Waals surface area contributed by atoms with Crippen molar-refractivity contribution in [2.45, 2.75) is 12.8 Å². The van der Waals surface area contributed by atoms with Crippen LogP contribution in [0.2, 0.25) is 0 Å². The summed E-state index contributed by atoms with van der Waals surface area (Å²) in [4.78, 5) is 26.1. The minimum Gasteiger partial charge on any atom is -0.355 e. The fraction of sp³-hybridized carbons (Fsp3) is 0.333. The van der Waals surface area contributed by atoms with Gasteiger partial charge in [-0.25, -0.2) is 0 Å².